The summed E-state index contributed by atoms with van der Waals surface area (Å²) in [6.07, 6.45) is -2.31. The number of alkyl halides is 3. The van der Waals surface area contributed by atoms with Gasteiger partial charge in [-0.05, 0) is 25.5 Å². The van der Waals surface area contributed by atoms with Gasteiger partial charge in [-0.2, -0.15) is 13.2 Å². The molecule has 1 aromatic heterocycles. The molecule has 3 aliphatic heterocycles. The minimum atomic E-state index is -4.41. The lowest BCUT2D eigenvalue weighted by molar-refractivity contribution is -0.143. The number of piperazine rings is 1. The summed E-state index contributed by atoms with van der Waals surface area (Å²) in [4.78, 5) is 34.3. The van der Waals surface area contributed by atoms with Crippen LogP contribution in [0.1, 0.15) is 25.3 Å². The molecule has 0 aromatic carbocycles. The van der Waals surface area contributed by atoms with Crippen molar-refractivity contribution in [3.8, 4) is 0 Å². The third-order valence-corrected chi connectivity index (χ3v) is 7.23. The highest BCUT2D eigenvalue weighted by molar-refractivity contribution is 8.01. The molecule has 4 heterocycles. The van der Waals surface area contributed by atoms with Crippen LogP contribution in [0.15, 0.2) is 18.3 Å². The van der Waals surface area contributed by atoms with Gasteiger partial charge in [-0.1, -0.05) is 0 Å². The fraction of sp³-hybridized carbons (Fsp3) is 0.611. The molecule has 10 heteroatoms. The molecule has 2 unspecified atom stereocenters. The average Bonchev–Trinajstić information content (AvgIpc) is 3.17. The number of thioether (sulfide) groups is 1. The van der Waals surface area contributed by atoms with Gasteiger partial charge in [-0.25, -0.2) is 4.98 Å². The Morgan fingerprint density at radius 1 is 1.25 bits per heavy atom. The van der Waals surface area contributed by atoms with Crippen molar-refractivity contribution in [2.24, 2.45) is 0 Å². The van der Waals surface area contributed by atoms with Crippen LogP contribution in [0.4, 0.5) is 19.0 Å². The Bertz CT molecular complexity index is 780. The van der Waals surface area contributed by atoms with E-state index >= 15 is 0 Å². The largest absolute Gasteiger partial charge is 0.417 e. The Morgan fingerprint density at radius 2 is 1.96 bits per heavy atom. The highest BCUT2D eigenvalue weighted by Crippen LogP contribution is 2.47. The first-order valence-electron chi connectivity index (χ1n) is 9.22. The predicted octanol–water partition coefficient (Wildman–Crippen LogP) is 2.20. The fourth-order valence-corrected chi connectivity index (χ4v) is 5.53. The minimum absolute atomic E-state index is 0.0356. The molecule has 0 radical (unpaired) electrons. The van der Waals surface area contributed by atoms with Crippen molar-refractivity contribution in [1.82, 2.24) is 14.8 Å². The van der Waals surface area contributed by atoms with Crippen LogP contribution in [-0.4, -0.2) is 69.4 Å². The molecule has 0 bridgehead atoms. The highest BCUT2D eigenvalue weighted by atomic mass is 32.2. The Morgan fingerprint density at radius 3 is 2.57 bits per heavy atom. The quantitative estimate of drug-likeness (QED) is 0.743. The molecule has 3 fully saturated rings. The number of pyridine rings is 1. The molecule has 6 nitrogen and oxygen atoms in total. The molecule has 0 aliphatic carbocycles. The maximum Gasteiger partial charge on any atom is 0.417 e. The van der Waals surface area contributed by atoms with Gasteiger partial charge in [0.1, 0.15) is 11.9 Å². The summed E-state index contributed by atoms with van der Waals surface area (Å²) in [7, 11) is 0. The second-order valence-electron chi connectivity index (χ2n) is 7.48. The number of halogens is 3. The van der Waals surface area contributed by atoms with Gasteiger partial charge in [0.2, 0.25) is 11.8 Å². The van der Waals surface area contributed by atoms with E-state index < -0.39 is 17.8 Å². The molecule has 2 atom stereocenters. The second-order valence-corrected chi connectivity index (χ2v) is 8.98. The van der Waals surface area contributed by atoms with Crippen molar-refractivity contribution in [3.63, 3.8) is 0 Å². The summed E-state index contributed by atoms with van der Waals surface area (Å²) >= 11 is 1.67. The van der Waals surface area contributed by atoms with E-state index in [1.807, 2.05) is 11.8 Å². The van der Waals surface area contributed by atoms with E-state index in [0.29, 0.717) is 44.2 Å². The molecule has 0 N–H and O–H groups in total. The molecule has 3 aliphatic rings. The zero-order valence-electron chi connectivity index (χ0n) is 15.4. The van der Waals surface area contributed by atoms with Crippen LogP contribution < -0.4 is 4.90 Å². The number of aromatic nitrogens is 1. The molecule has 2 amide bonds. The summed E-state index contributed by atoms with van der Waals surface area (Å²) in [5.41, 5.74) is -0.776. The number of anilines is 1. The second kappa shape index (κ2) is 6.82. The zero-order chi connectivity index (χ0) is 20.1. The van der Waals surface area contributed by atoms with Crippen molar-refractivity contribution in [2.45, 2.75) is 36.9 Å². The first-order chi connectivity index (χ1) is 13.2. The molecule has 28 heavy (non-hydrogen) atoms. The number of hydrogen-bond acceptors (Lipinski definition) is 5. The Kier molecular flexibility index (Phi) is 4.71. The zero-order valence-corrected chi connectivity index (χ0v) is 16.2. The molecular formula is C18H21F3N4O2S. The van der Waals surface area contributed by atoms with Gasteiger partial charge >= 0.3 is 6.18 Å². The third-order valence-electron chi connectivity index (χ3n) is 5.72. The molecule has 0 spiro atoms. The Labute approximate surface area is 165 Å². The number of hydrogen-bond donors (Lipinski definition) is 0. The van der Waals surface area contributed by atoms with E-state index in [4.69, 9.17) is 0 Å². The number of nitrogens with zero attached hydrogens (tertiary/aromatic N) is 4. The average molecular weight is 414 g/mol. The van der Waals surface area contributed by atoms with E-state index in [2.05, 4.69) is 4.98 Å². The van der Waals surface area contributed by atoms with Crippen LogP contribution in [0.5, 0.6) is 0 Å². The molecule has 3 saturated heterocycles. The van der Waals surface area contributed by atoms with Crippen LogP contribution in [0.25, 0.3) is 0 Å². The molecular weight excluding hydrogens is 393 g/mol. The normalized spacial score (nSPS) is 28.1. The van der Waals surface area contributed by atoms with E-state index in [1.54, 1.807) is 21.6 Å². The van der Waals surface area contributed by atoms with Crippen LogP contribution >= 0.6 is 11.8 Å². The topological polar surface area (TPSA) is 56.8 Å². The van der Waals surface area contributed by atoms with Crippen molar-refractivity contribution >= 4 is 29.4 Å². The van der Waals surface area contributed by atoms with E-state index in [0.717, 1.165) is 18.7 Å². The lowest BCUT2D eigenvalue weighted by Crippen LogP contribution is -2.56. The predicted molar refractivity (Wildman–Crippen MR) is 98.8 cm³/mol. The van der Waals surface area contributed by atoms with Crippen molar-refractivity contribution < 1.29 is 22.8 Å². The van der Waals surface area contributed by atoms with Gasteiger partial charge in [0.25, 0.3) is 0 Å². The van der Waals surface area contributed by atoms with Crippen molar-refractivity contribution in [2.75, 3.05) is 36.8 Å². The highest BCUT2D eigenvalue weighted by Gasteiger charge is 2.53. The van der Waals surface area contributed by atoms with Crippen molar-refractivity contribution in [1.29, 1.82) is 0 Å². The van der Waals surface area contributed by atoms with Crippen molar-refractivity contribution in [3.05, 3.63) is 23.9 Å². The van der Waals surface area contributed by atoms with Gasteiger partial charge < -0.3 is 14.7 Å². The SMILES string of the molecule is CC12CCC(=O)N1C(C(=O)N1CCN(c3ccc(C(F)(F)F)cn3)CC1)CS2. The fourth-order valence-electron chi connectivity index (χ4n) is 4.11. The van der Waals surface area contributed by atoms with Gasteiger partial charge in [-0.15, -0.1) is 11.8 Å². The summed E-state index contributed by atoms with van der Waals surface area (Å²) in [6.45, 7) is 3.93. The lowest BCUT2D eigenvalue weighted by Gasteiger charge is -2.38. The van der Waals surface area contributed by atoms with Gasteiger partial charge in [0, 0.05) is 44.5 Å². The van der Waals surface area contributed by atoms with Crippen LogP contribution in [0, 0.1) is 0 Å². The Balaban J connectivity index is 1.38. The number of carbonyl (C=O) groups excluding carboxylic acids is 2. The van der Waals surface area contributed by atoms with Gasteiger partial charge in [0.05, 0.1) is 10.4 Å². The number of rotatable bonds is 2. The summed E-state index contributed by atoms with van der Waals surface area (Å²) < 4.78 is 38.0. The summed E-state index contributed by atoms with van der Waals surface area (Å²) in [5, 5.41) is 0. The summed E-state index contributed by atoms with van der Waals surface area (Å²) in [6, 6.07) is 1.97. The van der Waals surface area contributed by atoms with Crippen LogP contribution in [0.3, 0.4) is 0 Å². The molecule has 4 rings (SSSR count). The maximum absolute atomic E-state index is 13.0. The summed E-state index contributed by atoms with van der Waals surface area (Å²) in [5.74, 6) is 1.09. The lowest BCUT2D eigenvalue weighted by atomic mass is 10.2. The molecule has 152 valence electrons. The third kappa shape index (κ3) is 3.31. The standard InChI is InChI=1S/C18H21F3N4O2S/c1-17-5-4-15(26)25(17)13(11-28-17)16(27)24-8-6-23(7-9-24)14-3-2-12(10-22-14)18(19,20)21/h2-3,10,13H,4-9,11H2,1H3. The van der Waals surface area contributed by atoms with Crippen LogP contribution in [-0.2, 0) is 15.8 Å². The Hall–Kier alpha value is -1.97. The monoisotopic (exact) mass is 414 g/mol. The van der Waals surface area contributed by atoms with Gasteiger partial charge in [0.15, 0.2) is 0 Å². The number of amides is 2. The first kappa shape index (κ1) is 19.4. The van der Waals surface area contributed by atoms with Crippen LogP contribution in [0.2, 0.25) is 0 Å². The smallest absolute Gasteiger partial charge is 0.353 e. The van der Waals surface area contributed by atoms with Gasteiger partial charge in [-0.3, -0.25) is 9.59 Å². The molecule has 0 saturated carbocycles. The molecule has 1 aromatic rings. The first-order valence-corrected chi connectivity index (χ1v) is 10.2. The van der Waals surface area contributed by atoms with E-state index in [9.17, 15) is 22.8 Å². The number of carbonyl (C=O) groups is 2. The van der Waals surface area contributed by atoms with E-state index in [-0.39, 0.29) is 16.7 Å². The maximum atomic E-state index is 13.0. The van der Waals surface area contributed by atoms with E-state index in [1.165, 1.54) is 6.07 Å². The minimum Gasteiger partial charge on any atom is -0.353 e. The number of fused-ring (bicyclic) bond motifs is 1.